The van der Waals surface area contributed by atoms with E-state index in [1.165, 1.54) is 22.5 Å². The number of halogens is 2. The molecule has 0 radical (unpaired) electrons. The molecule has 3 aromatic rings. The number of likely N-dealkylation sites (N-methyl/N-ethyl adjacent to an activating group) is 1. The number of nitrogens with one attached hydrogen (secondary N) is 4. The Hall–Kier alpha value is -3.75. The van der Waals surface area contributed by atoms with Gasteiger partial charge in [-0.25, -0.2) is 8.42 Å². The molecule has 1 aromatic heterocycles. The maximum absolute atomic E-state index is 13.4. The number of hydrogen-bond donors (Lipinski definition) is 4. The minimum atomic E-state index is -3.85. The maximum Gasteiger partial charge on any atom is 0.274 e. The highest BCUT2D eigenvalue weighted by Gasteiger charge is 2.32. The van der Waals surface area contributed by atoms with Crippen molar-refractivity contribution in [2.24, 2.45) is 0 Å². The van der Waals surface area contributed by atoms with E-state index in [2.05, 4.69) is 26.1 Å². The molecule has 0 unspecified atom stereocenters. The molecule has 2 aromatic carbocycles. The molecule has 1 aliphatic heterocycles. The van der Waals surface area contributed by atoms with E-state index in [4.69, 9.17) is 23.2 Å². The van der Waals surface area contributed by atoms with Crippen LogP contribution < -0.4 is 16.0 Å². The van der Waals surface area contributed by atoms with Crippen molar-refractivity contribution >= 4 is 62.3 Å². The van der Waals surface area contributed by atoms with Gasteiger partial charge in [-0.15, -0.1) is 0 Å². The van der Waals surface area contributed by atoms with Gasteiger partial charge in [0.15, 0.2) is 5.69 Å². The van der Waals surface area contributed by atoms with Crippen molar-refractivity contribution in [3.63, 3.8) is 0 Å². The Morgan fingerprint density at radius 3 is 2.33 bits per heavy atom. The summed E-state index contributed by atoms with van der Waals surface area (Å²) in [4.78, 5) is 40.7. The van der Waals surface area contributed by atoms with Crippen LogP contribution in [0.4, 0.5) is 11.4 Å². The number of aromatic amines is 1. The zero-order valence-corrected chi connectivity index (χ0v) is 28.3. The lowest BCUT2D eigenvalue weighted by molar-refractivity contribution is -0.111. The molecule has 1 aliphatic rings. The van der Waals surface area contributed by atoms with E-state index in [0.717, 1.165) is 0 Å². The minimum Gasteiger partial charge on any atom is -0.348 e. The average Bonchev–Trinajstić information content (AvgIpc) is 3.41. The normalized spacial score (nSPS) is 14.6. The average molecular weight is 691 g/mol. The van der Waals surface area contributed by atoms with Crippen LogP contribution in [0.3, 0.4) is 0 Å². The number of carbonyl (C=O) groups is 3. The number of carbonyl (C=O) groups excluding carboxylic acids is 3. The van der Waals surface area contributed by atoms with Gasteiger partial charge in [-0.1, -0.05) is 55.3 Å². The number of aromatic nitrogens is 2. The standard InChI is InChI=1S/C31H37Cl2N7O5S/c1-19(2)27-28(36-30(42)26-23(32)10-6-11-24(26)33)29(38-37-27)31(43)35-20-13-16-40(17-14-20)46(44,45)22-9-5-8-21(18-22)34-25(41)12-7-15-39(3)4/h5-12,18-20H,13-17H2,1-4H3,(H,34,41)(H,35,43)(H,36,42)(H,37,38)/b12-7+. The second-order valence-corrected chi connectivity index (χ2v) is 14.2. The van der Waals surface area contributed by atoms with Crippen LogP contribution in [-0.2, 0) is 14.8 Å². The molecule has 12 nitrogen and oxygen atoms in total. The number of hydrogen-bond acceptors (Lipinski definition) is 7. The summed E-state index contributed by atoms with van der Waals surface area (Å²) in [6.45, 7) is 4.70. The fourth-order valence-electron chi connectivity index (χ4n) is 4.89. The van der Waals surface area contributed by atoms with E-state index in [0.29, 0.717) is 30.8 Å². The molecule has 2 heterocycles. The minimum absolute atomic E-state index is 0.00861. The van der Waals surface area contributed by atoms with E-state index in [-0.39, 0.29) is 62.8 Å². The van der Waals surface area contributed by atoms with Crippen LogP contribution in [0.5, 0.6) is 0 Å². The Bertz CT molecular complexity index is 1710. The monoisotopic (exact) mass is 689 g/mol. The summed E-state index contributed by atoms with van der Waals surface area (Å²) in [5.74, 6) is -1.57. The Balaban J connectivity index is 1.40. The number of piperidine rings is 1. The van der Waals surface area contributed by atoms with E-state index < -0.39 is 21.8 Å². The van der Waals surface area contributed by atoms with Gasteiger partial charge >= 0.3 is 0 Å². The summed E-state index contributed by atoms with van der Waals surface area (Å²) < 4.78 is 28.2. The van der Waals surface area contributed by atoms with Gasteiger partial charge in [-0.05, 0) is 63.2 Å². The first-order valence-corrected chi connectivity index (χ1v) is 16.8. The molecule has 0 bridgehead atoms. The van der Waals surface area contributed by atoms with Gasteiger partial charge in [0.25, 0.3) is 11.8 Å². The summed E-state index contributed by atoms with van der Waals surface area (Å²) in [6.07, 6.45) is 3.83. The zero-order valence-electron chi connectivity index (χ0n) is 25.9. The van der Waals surface area contributed by atoms with Crippen LogP contribution in [0.1, 0.15) is 59.1 Å². The van der Waals surface area contributed by atoms with Gasteiger partial charge in [0, 0.05) is 37.4 Å². The van der Waals surface area contributed by atoms with Gasteiger partial charge < -0.3 is 20.9 Å². The molecule has 4 rings (SSSR count). The van der Waals surface area contributed by atoms with Crippen molar-refractivity contribution in [1.82, 2.24) is 24.7 Å². The molecule has 1 fully saturated rings. The fraction of sp³-hybridized carbons (Fsp3) is 0.355. The first-order chi connectivity index (χ1) is 21.8. The smallest absolute Gasteiger partial charge is 0.274 e. The molecule has 4 N–H and O–H groups in total. The highest BCUT2D eigenvalue weighted by molar-refractivity contribution is 7.89. The fourth-order valence-corrected chi connectivity index (χ4v) is 6.97. The van der Waals surface area contributed by atoms with Crippen molar-refractivity contribution in [1.29, 1.82) is 0 Å². The Morgan fingerprint density at radius 2 is 1.70 bits per heavy atom. The number of amides is 3. The van der Waals surface area contributed by atoms with Crippen LogP contribution >= 0.6 is 23.2 Å². The number of nitrogens with zero attached hydrogens (tertiary/aromatic N) is 3. The number of sulfonamides is 1. The molecule has 46 heavy (non-hydrogen) atoms. The predicted octanol–water partition coefficient (Wildman–Crippen LogP) is 4.73. The second-order valence-electron chi connectivity index (χ2n) is 11.4. The van der Waals surface area contributed by atoms with Crippen molar-refractivity contribution < 1.29 is 22.8 Å². The summed E-state index contributed by atoms with van der Waals surface area (Å²) in [7, 11) is -0.0893. The topological polar surface area (TPSA) is 157 Å². The zero-order chi connectivity index (χ0) is 33.6. The Kier molecular flexibility index (Phi) is 11.6. The van der Waals surface area contributed by atoms with Crippen LogP contribution in [0.2, 0.25) is 10.0 Å². The van der Waals surface area contributed by atoms with Crippen molar-refractivity contribution in [3.05, 3.63) is 81.6 Å². The number of H-pyrrole nitrogens is 1. The molecule has 0 aliphatic carbocycles. The van der Waals surface area contributed by atoms with E-state index in [1.54, 1.807) is 36.4 Å². The van der Waals surface area contributed by atoms with Gasteiger partial charge in [0.1, 0.15) is 0 Å². The van der Waals surface area contributed by atoms with Crippen molar-refractivity contribution in [2.75, 3.05) is 44.4 Å². The van der Waals surface area contributed by atoms with E-state index >= 15 is 0 Å². The van der Waals surface area contributed by atoms with Crippen LogP contribution in [-0.4, -0.2) is 85.3 Å². The first kappa shape index (κ1) is 35.1. The SMILES string of the molecule is CC(C)c1[nH]nc(C(=O)NC2CCN(S(=O)(=O)c3cccc(NC(=O)/C=C/CN(C)C)c3)CC2)c1NC(=O)c1c(Cl)cccc1Cl. The number of benzene rings is 2. The third kappa shape index (κ3) is 8.53. The first-order valence-electron chi connectivity index (χ1n) is 14.6. The van der Waals surface area contributed by atoms with Crippen molar-refractivity contribution in [3.8, 4) is 0 Å². The molecular formula is C31H37Cl2N7O5S. The predicted molar refractivity (Wildman–Crippen MR) is 179 cm³/mol. The molecule has 0 atom stereocenters. The molecule has 3 amide bonds. The van der Waals surface area contributed by atoms with Gasteiger partial charge in [0.05, 0.1) is 31.9 Å². The quantitative estimate of drug-likeness (QED) is 0.212. The summed E-state index contributed by atoms with van der Waals surface area (Å²) in [5.41, 5.74) is 1.19. The highest BCUT2D eigenvalue weighted by Crippen LogP contribution is 2.30. The number of anilines is 2. The largest absolute Gasteiger partial charge is 0.348 e. The third-order valence-corrected chi connectivity index (χ3v) is 9.81. The second kappa shape index (κ2) is 15.2. The Labute approximate surface area is 278 Å². The lowest BCUT2D eigenvalue weighted by Gasteiger charge is -2.31. The summed E-state index contributed by atoms with van der Waals surface area (Å²) >= 11 is 12.4. The molecule has 15 heteroatoms. The number of rotatable bonds is 11. The summed E-state index contributed by atoms with van der Waals surface area (Å²) in [6, 6.07) is 10.5. The van der Waals surface area contributed by atoms with Crippen LogP contribution in [0.15, 0.2) is 59.5 Å². The molecule has 0 saturated carbocycles. The summed E-state index contributed by atoms with van der Waals surface area (Å²) in [5, 5.41) is 15.7. The van der Waals surface area contributed by atoms with Crippen LogP contribution in [0.25, 0.3) is 0 Å². The van der Waals surface area contributed by atoms with Gasteiger partial charge in [-0.2, -0.15) is 9.40 Å². The van der Waals surface area contributed by atoms with Gasteiger partial charge in [0.2, 0.25) is 15.9 Å². The maximum atomic E-state index is 13.4. The Morgan fingerprint density at radius 1 is 1.04 bits per heavy atom. The lowest BCUT2D eigenvalue weighted by Crippen LogP contribution is -2.46. The van der Waals surface area contributed by atoms with Crippen molar-refractivity contribution in [2.45, 2.75) is 43.5 Å². The van der Waals surface area contributed by atoms with Crippen LogP contribution in [0, 0.1) is 0 Å². The van der Waals surface area contributed by atoms with Gasteiger partial charge in [-0.3, -0.25) is 19.5 Å². The molecule has 1 saturated heterocycles. The lowest BCUT2D eigenvalue weighted by atomic mass is 10.1. The molecular weight excluding hydrogens is 653 g/mol. The van der Waals surface area contributed by atoms with E-state index in [1.807, 2.05) is 32.8 Å². The molecule has 0 spiro atoms. The highest BCUT2D eigenvalue weighted by atomic mass is 35.5. The third-order valence-electron chi connectivity index (χ3n) is 7.28. The van der Waals surface area contributed by atoms with E-state index in [9.17, 15) is 22.8 Å². The molecule has 246 valence electrons.